The molecule has 6 nitrogen and oxygen atoms in total. The predicted molar refractivity (Wildman–Crippen MR) is 116 cm³/mol. The molecule has 0 atom stereocenters. The Morgan fingerprint density at radius 2 is 1.69 bits per heavy atom. The summed E-state index contributed by atoms with van der Waals surface area (Å²) in [6, 6.07) is 13.6. The van der Waals surface area contributed by atoms with Crippen LogP contribution in [0.15, 0.2) is 46.9 Å². The smallest absolute Gasteiger partial charge is 0.338 e. The van der Waals surface area contributed by atoms with E-state index in [2.05, 4.69) is 33.0 Å². The molecule has 0 unspecified atom stereocenters. The van der Waals surface area contributed by atoms with Gasteiger partial charge in [0.15, 0.2) is 0 Å². The van der Waals surface area contributed by atoms with Crippen molar-refractivity contribution < 1.29 is 19.1 Å². The molecule has 0 aliphatic carbocycles. The van der Waals surface area contributed by atoms with E-state index in [1.165, 1.54) is 12.5 Å². The van der Waals surface area contributed by atoms with Crippen molar-refractivity contribution in [2.45, 2.75) is 32.9 Å². The highest BCUT2D eigenvalue weighted by atomic mass is 79.9. The molecule has 0 bridgehead atoms. The molecular weight excluding hydrogens is 436 g/mol. The highest BCUT2D eigenvalue weighted by molar-refractivity contribution is 9.10. The third kappa shape index (κ3) is 7.87. The van der Waals surface area contributed by atoms with E-state index in [-0.39, 0.29) is 12.6 Å². The van der Waals surface area contributed by atoms with Gasteiger partial charge < -0.3 is 15.2 Å². The average Bonchev–Trinajstić information content (AvgIpc) is 2.68. The Hall–Kier alpha value is -2.38. The zero-order chi connectivity index (χ0) is 21.2. The van der Waals surface area contributed by atoms with Crippen LogP contribution in [0.25, 0.3) is 0 Å². The number of benzene rings is 2. The molecule has 2 rings (SSSR count). The number of esters is 2. The molecule has 2 N–H and O–H groups in total. The van der Waals surface area contributed by atoms with Crippen LogP contribution in [0.3, 0.4) is 0 Å². The van der Waals surface area contributed by atoms with Gasteiger partial charge in [-0.3, -0.25) is 9.69 Å². The quantitative estimate of drug-likeness (QED) is 0.324. The van der Waals surface area contributed by atoms with Crippen molar-refractivity contribution in [2.24, 2.45) is 0 Å². The lowest BCUT2D eigenvalue weighted by atomic mass is 10.1. The summed E-state index contributed by atoms with van der Waals surface area (Å²) in [5.74, 6) is -0.705. The van der Waals surface area contributed by atoms with Crippen molar-refractivity contribution >= 4 is 33.6 Å². The summed E-state index contributed by atoms with van der Waals surface area (Å²) in [6.45, 7) is 3.34. The van der Waals surface area contributed by atoms with E-state index in [4.69, 9.17) is 15.2 Å². The Balaban J connectivity index is 1.93. The van der Waals surface area contributed by atoms with Crippen molar-refractivity contribution in [1.29, 1.82) is 0 Å². The third-order valence-electron chi connectivity index (χ3n) is 4.26. The molecule has 0 spiro atoms. The number of halogens is 1. The topological polar surface area (TPSA) is 81.9 Å². The number of anilines is 1. The van der Waals surface area contributed by atoms with Gasteiger partial charge >= 0.3 is 11.9 Å². The Kier molecular flexibility index (Phi) is 9.15. The number of hydrogen-bond donors (Lipinski definition) is 1. The largest absolute Gasteiger partial charge is 0.466 e. The van der Waals surface area contributed by atoms with Gasteiger partial charge in [0.25, 0.3) is 0 Å². The van der Waals surface area contributed by atoms with Crippen LogP contribution in [-0.2, 0) is 27.4 Å². The maximum absolute atomic E-state index is 12.4. The van der Waals surface area contributed by atoms with E-state index in [0.29, 0.717) is 41.7 Å². The lowest BCUT2D eigenvalue weighted by Crippen LogP contribution is -2.19. The van der Waals surface area contributed by atoms with Crippen LogP contribution in [0.2, 0.25) is 0 Å². The van der Waals surface area contributed by atoms with Gasteiger partial charge in [-0.1, -0.05) is 30.3 Å². The normalized spacial score (nSPS) is 10.8. The number of rotatable bonds is 10. The summed E-state index contributed by atoms with van der Waals surface area (Å²) in [5, 5.41) is 0. The van der Waals surface area contributed by atoms with E-state index >= 15 is 0 Å². The molecule has 0 radical (unpaired) electrons. The number of carbonyl (C=O) groups is 2. The fourth-order valence-corrected chi connectivity index (χ4v) is 3.33. The predicted octanol–water partition coefficient (Wildman–Crippen LogP) is 4.16. The van der Waals surface area contributed by atoms with Crippen LogP contribution in [0.5, 0.6) is 0 Å². The molecule has 0 aliphatic heterocycles. The van der Waals surface area contributed by atoms with Crippen LogP contribution in [-0.4, -0.2) is 37.1 Å². The summed E-state index contributed by atoms with van der Waals surface area (Å²) >= 11 is 3.44. The van der Waals surface area contributed by atoms with Crippen molar-refractivity contribution in [1.82, 2.24) is 4.90 Å². The minimum absolute atomic E-state index is 0.269. The monoisotopic (exact) mass is 462 g/mol. The summed E-state index contributed by atoms with van der Waals surface area (Å²) in [7, 11) is 2.01. The number of ether oxygens (including phenoxy) is 2. The molecule has 0 fully saturated rings. The molecule has 0 saturated carbocycles. The first kappa shape index (κ1) is 22.9. The molecule has 0 saturated heterocycles. The van der Waals surface area contributed by atoms with E-state index in [0.717, 1.165) is 12.1 Å². The molecule has 2 aromatic carbocycles. The van der Waals surface area contributed by atoms with Crippen LogP contribution in [0.1, 0.15) is 41.3 Å². The lowest BCUT2D eigenvalue weighted by Gasteiger charge is -2.19. The van der Waals surface area contributed by atoms with E-state index in [1.807, 2.05) is 25.2 Å². The number of hydrogen-bond acceptors (Lipinski definition) is 6. The second kappa shape index (κ2) is 11.6. The lowest BCUT2D eigenvalue weighted by molar-refractivity contribution is -0.141. The van der Waals surface area contributed by atoms with E-state index in [9.17, 15) is 9.59 Å². The number of nitrogens with two attached hydrogens (primary N) is 1. The Morgan fingerprint density at radius 3 is 2.34 bits per heavy atom. The summed E-state index contributed by atoms with van der Waals surface area (Å²) in [5.41, 5.74) is 9.34. The number of unbranched alkanes of at least 4 members (excludes halogenated alkanes) is 1. The molecule has 7 heteroatoms. The average molecular weight is 463 g/mol. The molecule has 2 aromatic rings. The van der Waals surface area contributed by atoms with Gasteiger partial charge in [0.2, 0.25) is 0 Å². The molecule has 29 heavy (non-hydrogen) atoms. The van der Waals surface area contributed by atoms with Gasteiger partial charge in [-0.15, -0.1) is 0 Å². The highest BCUT2D eigenvalue weighted by Gasteiger charge is 2.14. The molecule has 156 valence electrons. The van der Waals surface area contributed by atoms with Gasteiger partial charge in [-0.2, -0.15) is 0 Å². The molecule has 0 aliphatic rings. The van der Waals surface area contributed by atoms with Crippen LogP contribution in [0, 0.1) is 0 Å². The minimum Gasteiger partial charge on any atom is -0.466 e. The highest BCUT2D eigenvalue weighted by Crippen LogP contribution is 2.27. The third-order valence-corrected chi connectivity index (χ3v) is 4.92. The first-order valence-electron chi connectivity index (χ1n) is 9.47. The summed E-state index contributed by atoms with van der Waals surface area (Å²) in [6.07, 6.45) is 1.27. The molecular formula is C22H27BrN2O4. The van der Waals surface area contributed by atoms with Crippen molar-refractivity contribution in [2.75, 3.05) is 26.0 Å². The molecule has 0 aromatic heterocycles. The Labute approximate surface area is 180 Å². The van der Waals surface area contributed by atoms with Gasteiger partial charge in [-0.25, -0.2) is 4.79 Å². The first-order chi connectivity index (χ1) is 13.9. The maximum atomic E-state index is 12.4. The van der Waals surface area contributed by atoms with Crippen LogP contribution in [0.4, 0.5) is 5.69 Å². The van der Waals surface area contributed by atoms with E-state index in [1.54, 1.807) is 12.1 Å². The summed E-state index contributed by atoms with van der Waals surface area (Å²) in [4.78, 5) is 25.2. The second-order valence-corrected chi connectivity index (χ2v) is 7.73. The molecule has 0 amide bonds. The van der Waals surface area contributed by atoms with Crippen LogP contribution < -0.4 is 5.73 Å². The van der Waals surface area contributed by atoms with Gasteiger partial charge in [0.1, 0.15) is 0 Å². The van der Waals surface area contributed by atoms with Crippen molar-refractivity contribution in [3.63, 3.8) is 0 Å². The zero-order valence-corrected chi connectivity index (χ0v) is 18.4. The van der Waals surface area contributed by atoms with Crippen molar-refractivity contribution in [3.05, 3.63) is 63.6 Å². The van der Waals surface area contributed by atoms with E-state index < -0.39 is 5.97 Å². The zero-order valence-electron chi connectivity index (χ0n) is 16.8. The minimum atomic E-state index is -0.398. The fraction of sp³-hybridized carbons (Fsp3) is 0.364. The Morgan fingerprint density at radius 1 is 1.03 bits per heavy atom. The number of carbonyl (C=O) groups excluding carboxylic acids is 2. The van der Waals surface area contributed by atoms with Gasteiger partial charge in [0, 0.05) is 24.5 Å². The number of nitrogens with zero attached hydrogens (tertiary/aromatic N) is 1. The number of nitrogen functional groups attached to an aromatic ring is 1. The second-order valence-electron chi connectivity index (χ2n) is 6.87. The van der Waals surface area contributed by atoms with Gasteiger partial charge in [0.05, 0.1) is 24.5 Å². The molecule has 0 heterocycles. The van der Waals surface area contributed by atoms with Gasteiger partial charge in [-0.05, 0) is 59.1 Å². The van der Waals surface area contributed by atoms with Crippen molar-refractivity contribution in [3.8, 4) is 0 Å². The first-order valence-corrected chi connectivity index (χ1v) is 10.3. The maximum Gasteiger partial charge on any atom is 0.338 e. The van der Waals surface area contributed by atoms with Crippen LogP contribution >= 0.6 is 15.9 Å². The SMILES string of the molecule is CC(=O)OCCCCOC(=O)c1cc(Br)c(N)c(CN(C)Cc2ccccc2)c1. The fourth-order valence-electron chi connectivity index (χ4n) is 2.83. The Bertz CT molecular complexity index is 827. The standard InChI is InChI=1S/C22H27BrN2O4/c1-16(26)28-10-6-7-11-29-22(27)18-12-19(21(24)20(23)13-18)15-25(2)14-17-8-4-3-5-9-17/h3-5,8-9,12-13H,6-7,10-11,14-15,24H2,1-2H3. The summed E-state index contributed by atoms with van der Waals surface area (Å²) < 4.78 is 10.9.